The van der Waals surface area contributed by atoms with E-state index < -0.39 is 42.8 Å². The van der Waals surface area contributed by atoms with Crippen LogP contribution < -0.4 is 11.5 Å². The van der Waals surface area contributed by atoms with Crippen LogP contribution in [0.1, 0.15) is 85.0 Å². The van der Waals surface area contributed by atoms with Gasteiger partial charge in [0, 0.05) is 11.3 Å². The third-order valence-corrected chi connectivity index (χ3v) is 12.7. The zero-order valence-corrected chi connectivity index (χ0v) is 23.1. The second-order valence-corrected chi connectivity index (χ2v) is 14.1. The molecule has 4 saturated carbocycles. The Kier molecular flexibility index (Phi) is 6.74. The molecular weight excluding hydrogens is 488 g/mol. The first kappa shape index (κ1) is 27.4. The van der Waals surface area contributed by atoms with Crippen LogP contribution in [0.25, 0.3) is 0 Å². The molecule has 6 fully saturated rings. The van der Waals surface area contributed by atoms with Crippen molar-refractivity contribution >= 4 is 5.97 Å². The first-order valence-electron chi connectivity index (χ1n) is 15.0. The molecule has 0 unspecified atom stereocenters. The maximum Gasteiger partial charge on any atom is 0.303 e. The highest BCUT2D eigenvalue weighted by atomic mass is 16.7. The van der Waals surface area contributed by atoms with E-state index in [0.717, 1.165) is 57.8 Å². The van der Waals surface area contributed by atoms with Gasteiger partial charge in [0.25, 0.3) is 0 Å². The summed E-state index contributed by atoms with van der Waals surface area (Å²) >= 11 is 0. The molecule has 2 bridgehead atoms. The maximum atomic E-state index is 11.6. The summed E-state index contributed by atoms with van der Waals surface area (Å²) in [5.41, 5.74) is 12.5. The summed E-state index contributed by atoms with van der Waals surface area (Å²) in [6.45, 7) is 6.62. The quantitative estimate of drug-likeness (QED) is 0.340. The van der Waals surface area contributed by atoms with Crippen LogP contribution >= 0.6 is 0 Å². The Morgan fingerprint density at radius 1 is 0.974 bits per heavy atom. The predicted octanol–water partition coefficient (Wildman–Crippen LogP) is 2.35. The fourth-order valence-electron chi connectivity index (χ4n) is 10.7. The number of hydrogen-bond donors (Lipinski definition) is 5. The van der Waals surface area contributed by atoms with E-state index in [4.69, 9.17) is 25.7 Å². The lowest BCUT2D eigenvalue weighted by Crippen LogP contribution is -2.68. The van der Waals surface area contributed by atoms with E-state index in [1.807, 2.05) is 0 Å². The van der Waals surface area contributed by atoms with Gasteiger partial charge < -0.3 is 41.0 Å². The maximum absolute atomic E-state index is 11.6. The lowest BCUT2D eigenvalue weighted by atomic mass is 9.42. The average molecular weight is 537 g/mol. The van der Waals surface area contributed by atoms with Crippen LogP contribution in [-0.4, -0.2) is 69.9 Å². The molecule has 0 aromatic rings. The molecule has 7 N–H and O–H groups in total. The minimum Gasteiger partial charge on any atom is -0.481 e. The van der Waals surface area contributed by atoms with Crippen molar-refractivity contribution in [1.29, 1.82) is 0 Å². The first-order chi connectivity index (χ1) is 17.9. The fraction of sp³-hybridized carbons (Fsp3) is 0.966. The van der Waals surface area contributed by atoms with E-state index in [-0.39, 0.29) is 34.9 Å². The third kappa shape index (κ3) is 3.79. The van der Waals surface area contributed by atoms with E-state index in [1.165, 1.54) is 0 Å². The standard InChI is InChI=1S/C29H48N2O7/c1-14-23(34)22(30)24(35)26(36-14)37-16-6-9-27(2)15(12-16)4-5-20-19(27)7-10-28(3)18-8-11-29(20,28)38-25(31)17(18)13-21(32)33/h14-20,22-26,34-35H,4-13,30-31H2,1-3H3,(H,32,33)/t14-,15-,16+,17-,18-,19+,20-,22-,23-,24+,25+,26-,27+,28-,29+/m1/s1. The number of nitrogens with two attached hydrogens (primary N) is 2. The smallest absolute Gasteiger partial charge is 0.303 e. The van der Waals surface area contributed by atoms with Crippen LogP contribution in [0.15, 0.2) is 0 Å². The molecular formula is C29H48N2O7. The van der Waals surface area contributed by atoms with Gasteiger partial charge in [-0.3, -0.25) is 4.79 Å². The van der Waals surface area contributed by atoms with Crippen LogP contribution in [0.2, 0.25) is 0 Å². The lowest BCUT2D eigenvalue weighted by molar-refractivity contribution is -0.300. The Bertz CT molecular complexity index is 937. The molecule has 0 radical (unpaired) electrons. The van der Waals surface area contributed by atoms with Gasteiger partial charge in [-0.1, -0.05) is 13.8 Å². The van der Waals surface area contributed by atoms with Crippen LogP contribution in [0.5, 0.6) is 0 Å². The highest BCUT2D eigenvalue weighted by molar-refractivity contribution is 5.67. The molecule has 9 nitrogen and oxygen atoms in total. The fourth-order valence-corrected chi connectivity index (χ4v) is 10.7. The highest BCUT2D eigenvalue weighted by Crippen LogP contribution is 2.73. The molecule has 0 spiro atoms. The van der Waals surface area contributed by atoms with Gasteiger partial charge in [-0.25, -0.2) is 0 Å². The largest absolute Gasteiger partial charge is 0.481 e. The normalized spacial score (nSPS) is 58.0. The van der Waals surface area contributed by atoms with E-state index in [2.05, 4.69) is 13.8 Å². The van der Waals surface area contributed by atoms with Gasteiger partial charge in [0.1, 0.15) is 12.3 Å². The number of aliphatic carboxylic acids is 1. The summed E-state index contributed by atoms with van der Waals surface area (Å²) in [6.07, 6.45) is 5.69. The van der Waals surface area contributed by atoms with Crippen LogP contribution in [-0.2, 0) is 19.0 Å². The molecule has 0 aromatic heterocycles. The number of hydrogen-bond acceptors (Lipinski definition) is 8. The summed E-state index contributed by atoms with van der Waals surface area (Å²) in [7, 11) is 0. The highest BCUT2D eigenvalue weighted by Gasteiger charge is 2.72. The Morgan fingerprint density at radius 3 is 2.45 bits per heavy atom. The minimum atomic E-state index is -1.05. The van der Waals surface area contributed by atoms with Crippen LogP contribution in [0.4, 0.5) is 0 Å². The lowest BCUT2D eigenvalue weighted by Gasteiger charge is -2.67. The zero-order valence-electron chi connectivity index (χ0n) is 23.1. The molecule has 15 atom stereocenters. The summed E-state index contributed by atoms with van der Waals surface area (Å²) in [4.78, 5) is 11.6. The van der Waals surface area contributed by atoms with E-state index in [1.54, 1.807) is 6.92 Å². The van der Waals surface area contributed by atoms with E-state index in [9.17, 15) is 20.1 Å². The number of rotatable bonds is 4. The Morgan fingerprint density at radius 2 is 1.71 bits per heavy atom. The van der Waals surface area contributed by atoms with Crippen molar-refractivity contribution in [2.45, 2.75) is 134 Å². The number of aliphatic hydroxyl groups is 2. The molecule has 2 saturated heterocycles. The molecule has 38 heavy (non-hydrogen) atoms. The first-order valence-corrected chi connectivity index (χ1v) is 15.0. The average Bonchev–Trinajstić information content (AvgIpc) is 3.07. The van der Waals surface area contributed by atoms with Gasteiger partial charge in [-0.15, -0.1) is 0 Å². The van der Waals surface area contributed by atoms with Crippen molar-refractivity contribution in [3.05, 3.63) is 0 Å². The summed E-state index contributed by atoms with van der Waals surface area (Å²) in [5.74, 6) is 0.944. The minimum absolute atomic E-state index is 0.00192. The van der Waals surface area contributed by atoms with Crippen molar-refractivity contribution < 1.29 is 34.3 Å². The zero-order chi connectivity index (χ0) is 27.2. The van der Waals surface area contributed by atoms with Gasteiger partial charge in [0.05, 0.1) is 36.4 Å². The Labute approximate surface area is 225 Å². The van der Waals surface area contributed by atoms with Crippen molar-refractivity contribution in [2.75, 3.05) is 0 Å². The second kappa shape index (κ2) is 9.36. The van der Waals surface area contributed by atoms with Crippen LogP contribution in [0, 0.1) is 40.4 Å². The molecule has 2 aliphatic heterocycles. The summed E-state index contributed by atoms with van der Waals surface area (Å²) < 4.78 is 19.0. The second-order valence-electron chi connectivity index (χ2n) is 14.1. The number of fused-ring (bicyclic) bond motifs is 3. The molecule has 6 aliphatic rings. The molecule has 0 amide bonds. The van der Waals surface area contributed by atoms with Crippen molar-refractivity contribution in [3.63, 3.8) is 0 Å². The number of ether oxygens (including phenoxy) is 3. The summed E-state index contributed by atoms with van der Waals surface area (Å²) in [5, 5.41) is 30.3. The predicted molar refractivity (Wildman–Crippen MR) is 138 cm³/mol. The Hall–Kier alpha value is -0.810. The number of carbonyl (C=O) groups is 1. The van der Waals surface area contributed by atoms with E-state index >= 15 is 0 Å². The van der Waals surface area contributed by atoms with Gasteiger partial charge in [-0.2, -0.15) is 0 Å². The third-order valence-electron chi connectivity index (χ3n) is 12.7. The van der Waals surface area contributed by atoms with Gasteiger partial charge >= 0.3 is 5.97 Å². The Balaban J connectivity index is 1.18. The van der Waals surface area contributed by atoms with Crippen LogP contribution in [0.3, 0.4) is 0 Å². The molecule has 0 aromatic carbocycles. The molecule has 6 rings (SSSR count). The molecule has 4 aliphatic carbocycles. The van der Waals surface area contributed by atoms with Gasteiger partial charge in [0.2, 0.25) is 0 Å². The van der Waals surface area contributed by atoms with Gasteiger partial charge in [0.15, 0.2) is 6.29 Å². The number of carboxylic acids is 1. The van der Waals surface area contributed by atoms with E-state index in [0.29, 0.717) is 23.7 Å². The number of aliphatic hydroxyl groups excluding tert-OH is 2. The molecule has 9 heteroatoms. The summed E-state index contributed by atoms with van der Waals surface area (Å²) in [6, 6.07) is -0.781. The van der Waals surface area contributed by atoms with Crippen molar-refractivity contribution in [1.82, 2.24) is 0 Å². The van der Waals surface area contributed by atoms with Crippen molar-refractivity contribution in [2.24, 2.45) is 51.9 Å². The van der Waals surface area contributed by atoms with Gasteiger partial charge in [-0.05, 0) is 93.8 Å². The topological polar surface area (TPSA) is 157 Å². The monoisotopic (exact) mass is 536 g/mol. The molecule has 216 valence electrons. The SMILES string of the molecule is C[C@H]1O[C@H](O[C@H]2CC[C@@]3(C)[C@H](CC[C@@H]4[C@@H]3CC[C@]3(C)[C@@H]5CC[C@]43O[C@H](N)[C@@H]5CC(=O)O)C2)[C@@H](O)[C@H](N)[C@@H]1O. The molecule has 2 heterocycles. The number of carboxylic acid groups (broad SMARTS) is 1. The van der Waals surface area contributed by atoms with Crippen molar-refractivity contribution in [3.8, 4) is 0 Å².